The number of amides is 1. The first kappa shape index (κ1) is 18.1. The summed E-state index contributed by atoms with van der Waals surface area (Å²) in [6, 6.07) is 9.50. The van der Waals surface area contributed by atoms with Crippen LogP contribution < -0.4 is 10.1 Å². The monoisotopic (exact) mass is 395 g/mol. The Morgan fingerprint density at radius 2 is 2.04 bits per heavy atom. The molecule has 0 saturated heterocycles. The Kier molecular flexibility index (Phi) is 6.03. The fourth-order valence-corrected chi connectivity index (χ4v) is 2.39. The van der Waals surface area contributed by atoms with Crippen molar-refractivity contribution in [2.75, 3.05) is 0 Å². The minimum absolute atomic E-state index is 0.0507. The molecular weight excluding hydrogens is 378 g/mol. The number of hydrogen-bond acceptors (Lipinski definition) is 4. The maximum Gasteiger partial charge on any atom is 0.326 e. The second-order valence-corrected chi connectivity index (χ2v) is 6.46. The van der Waals surface area contributed by atoms with Crippen LogP contribution in [0.15, 0.2) is 45.3 Å². The smallest absolute Gasteiger partial charge is 0.326 e. The normalized spacial score (nSPS) is 12.0. The molecule has 1 heterocycles. The van der Waals surface area contributed by atoms with Gasteiger partial charge in [-0.1, -0.05) is 35.8 Å². The molecule has 0 aliphatic rings. The van der Waals surface area contributed by atoms with E-state index in [9.17, 15) is 9.59 Å². The predicted octanol–water partition coefficient (Wildman–Crippen LogP) is 3.46. The SMILES string of the molecule is CC(C)C(NC(=O)c1ccc(COc2cccc(Br)c2)o1)C(=O)O. The largest absolute Gasteiger partial charge is 0.486 e. The van der Waals surface area contributed by atoms with Crippen molar-refractivity contribution in [2.45, 2.75) is 26.5 Å². The van der Waals surface area contributed by atoms with Gasteiger partial charge in [-0.25, -0.2) is 4.79 Å². The zero-order valence-electron chi connectivity index (χ0n) is 13.3. The number of aliphatic carboxylic acids is 1. The molecule has 0 bridgehead atoms. The van der Waals surface area contributed by atoms with E-state index < -0.39 is 17.9 Å². The highest BCUT2D eigenvalue weighted by Crippen LogP contribution is 2.19. The number of benzene rings is 1. The van der Waals surface area contributed by atoms with E-state index in [1.807, 2.05) is 18.2 Å². The lowest BCUT2D eigenvalue weighted by Gasteiger charge is -2.16. The highest BCUT2D eigenvalue weighted by Gasteiger charge is 2.25. The first-order chi connectivity index (χ1) is 11.4. The molecule has 0 spiro atoms. The van der Waals surface area contributed by atoms with Gasteiger partial charge in [-0.2, -0.15) is 0 Å². The van der Waals surface area contributed by atoms with E-state index >= 15 is 0 Å². The predicted molar refractivity (Wildman–Crippen MR) is 90.9 cm³/mol. The average Bonchev–Trinajstić information content (AvgIpc) is 2.99. The summed E-state index contributed by atoms with van der Waals surface area (Å²) in [5, 5.41) is 11.6. The van der Waals surface area contributed by atoms with Crippen molar-refractivity contribution in [1.82, 2.24) is 5.32 Å². The topological polar surface area (TPSA) is 88.8 Å². The van der Waals surface area contributed by atoms with Gasteiger partial charge in [0.05, 0.1) is 0 Å². The quantitative estimate of drug-likeness (QED) is 0.749. The van der Waals surface area contributed by atoms with E-state index in [0.29, 0.717) is 11.5 Å². The van der Waals surface area contributed by atoms with Gasteiger partial charge < -0.3 is 19.6 Å². The summed E-state index contributed by atoms with van der Waals surface area (Å²) in [4.78, 5) is 23.2. The maximum absolute atomic E-state index is 12.1. The molecular formula is C17H18BrNO5. The second kappa shape index (κ2) is 8.01. The third kappa shape index (κ3) is 4.86. The van der Waals surface area contributed by atoms with Gasteiger partial charge in [0.15, 0.2) is 5.76 Å². The molecule has 0 radical (unpaired) electrons. The Bertz CT molecular complexity index is 725. The standard InChI is InChI=1S/C17H18BrNO5/c1-10(2)15(17(21)22)19-16(20)14-7-6-13(24-14)9-23-12-5-3-4-11(18)8-12/h3-8,10,15H,9H2,1-2H3,(H,19,20)(H,21,22). The summed E-state index contributed by atoms with van der Waals surface area (Å²) in [5.41, 5.74) is 0. The molecule has 1 unspecified atom stereocenters. The van der Waals surface area contributed by atoms with E-state index in [2.05, 4.69) is 21.2 Å². The lowest BCUT2D eigenvalue weighted by molar-refractivity contribution is -0.140. The van der Waals surface area contributed by atoms with Crippen molar-refractivity contribution in [2.24, 2.45) is 5.92 Å². The van der Waals surface area contributed by atoms with Crippen molar-refractivity contribution < 1.29 is 23.8 Å². The van der Waals surface area contributed by atoms with Gasteiger partial charge >= 0.3 is 5.97 Å². The highest BCUT2D eigenvalue weighted by molar-refractivity contribution is 9.10. The number of carboxylic acids is 1. The van der Waals surface area contributed by atoms with Crippen LogP contribution in [0.4, 0.5) is 0 Å². The van der Waals surface area contributed by atoms with Gasteiger partial charge in [0.25, 0.3) is 5.91 Å². The number of carbonyl (C=O) groups is 2. The average molecular weight is 396 g/mol. The van der Waals surface area contributed by atoms with E-state index in [1.54, 1.807) is 26.0 Å². The van der Waals surface area contributed by atoms with Crippen molar-refractivity contribution in [1.29, 1.82) is 0 Å². The molecule has 128 valence electrons. The number of nitrogens with one attached hydrogen (secondary N) is 1. The number of carboxylic acid groups (broad SMARTS) is 1. The third-order valence-corrected chi connectivity index (χ3v) is 3.78. The Balaban J connectivity index is 1.97. The van der Waals surface area contributed by atoms with Crippen molar-refractivity contribution >= 4 is 27.8 Å². The Labute approximate surface area is 147 Å². The van der Waals surface area contributed by atoms with Crippen molar-refractivity contribution in [3.63, 3.8) is 0 Å². The first-order valence-corrected chi connectivity index (χ1v) is 8.17. The van der Waals surface area contributed by atoms with Crippen LogP contribution in [-0.2, 0) is 11.4 Å². The zero-order valence-corrected chi connectivity index (χ0v) is 14.9. The summed E-state index contributed by atoms with van der Waals surface area (Å²) in [6.07, 6.45) is 0. The number of hydrogen-bond donors (Lipinski definition) is 2. The number of furan rings is 1. The fraction of sp³-hybridized carbons (Fsp3) is 0.294. The van der Waals surface area contributed by atoms with Gasteiger partial charge in [-0.15, -0.1) is 0 Å². The van der Waals surface area contributed by atoms with Gasteiger partial charge in [0.2, 0.25) is 0 Å². The number of halogens is 1. The molecule has 1 aromatic carbocycles. The lowest BCUT2D eigenvalue weighted by Crippen LogP contribution is -2.44. The summed E-state index contributed by atoms with van der Waals surface area (Å²) in [6.45, 7) is 3.60. The Morgan fingerprint density at radius 1 is 1.29 bits per heavy atom. The number of carbonyl (C=O) groups excluding carboxylic acids is 1. The van der Waals surface area contributed by atoms with Crippen LogP contribution in [0.3, 0.4) is 0 Å². The van der Waals surface area contributed by atoms with Crippen LogP contribution in [0, 0.1) is 5.92 Å². The number of rotatable bonds is 7. The van der Waals surface area contributed by atoms with E-state index in [1.165, 1.54) is 6.07 Å². The van der Waals surface area contributed by atoms with Crippen LogP contribution in [0.2, 0.25) is 0 Å². The molecule has 0 saturated carbocycles. The van der Waals surface area contributed by atoms with E-state index in [0.717, 1.165) is 4.47 Å². The zero-order chi connectivity index (χ0) is 17.7. The van der Waals surface area contributed by atoms with Gasteiger partial charge in [-0.3, -0.25) is 4.79 Å². The molecule has 0 fully saturated rings. The molecule has 2 aromatic rings. The summed E-state index contributed by atoms with van der Waals surface area (Å²) in [5.74, 6) is -0.697. The van der Waals surface area contributed by atoms with Gasteiger partial charge in [0.1, 0.15) is 24.2 Å². The van der Waals surface area contributed by atoms with E-state index in [4.69, 9.17) is 14.3 Å². The second-order valence-electron chi connectivity index (χ2n) is 5.55. The molecule has 0 aliphatic heterocycles. The van der Waals surface area contributed by atoms with E-state index in [-0.39, 0.29) is 18.3 Å². The van der Waals surface area contributed by atoms with Crippen LogP contribution in [-0.4, -0.2) is 23.0 Å². The summed E-state index contributed by atoms with van der Waals surface area (Å²) >= 11 is 3.35. The molecule has 1 amide bonds. The van der Waals surface area contributed by atoms with Crippen molar-refractivity contribution in [3.8, 4) is 5.75 Å². The van der Waals surface area contributed by atoms with Crippen LogP contribution in [0.25, 0.3) is 0 Å². The highest BCUT2D eigenvalue weighted by atomic mass is 79.9. The molecule has 0 aliphatic carbocycles. The van der Waals surface area contributed by atoms with Crippen LogP contribution in [0.1, 0.15) is 30.2 Å². The third-order valence-electron chi connectivity index (χ3n) is 3.28. The van der Waals surface area contributed by atoms with Crippen LogP contribution >= 0.6 is 15.9 Å². The molecule has 1 aromatic heterocycles. The minimum Gasteiger partial charge on any atom is -0.486 e. The molecule has 24 heavy (non-hydrogen) atoms. The lowest BCUT2D eigenvalue weighted by atomic mass is 10.0. The minimum atomic E-state index is -1.08. The van der Waals surface area contributed by atoms with Gasteiger partial charge in [-0.05, 0) is 36.2 Å². The summed E-state index contributed by atoms with van der Waals surface area (Å²) in [7, 11) is 0. The Morgan fingerprint density at radius 3 is 2.67 bits per heavy atom. The molecule has 6 nitrogen and oxygen atoms in total. The van der Waals surface area contributed by atoms with Crippen LogP contribution in [0.5, 0.6) is 5.75 Å². The number of ether oxygens (including phenoxy) is 1. The maximum atomic E-state index is 12.1. The Hall–Kier alpha value is -2.28. The molecule has 2 N–H and O–H groups in total. The fourth-order valence-electron chi connectivity index (χ4n) is 2.01. The van der Waals surface area contributed by atoms with Crippen molar-refractivity contribution in [3.05, 3.63) is 52.4 Å². The molecule has 1 atom stereocenters. The summed E-state index contributed by atoms with van der Waals surface area (Å²) < 4.78 is 11.9. The molecule has 7 heteroatoms. The molecule has 2 rings (SSSR count). The van der Waals surface area contributed by atoms with Gasteiger partial charge in [0, 0.05) is 4.47 Å². The first-order valence-electron chi connectivity index (χ1n) is 7.37.